The molecule has 1 N–H and O–H groups in total. The number of rotatable bonds is 6. The Hall–Kier alpha value is -1.10. The van der Waals surface area contributed by atoms with Gasteiger partial charge in [-0.25, -0.2) is 0 Å². The minimum Gasteiger partial charge on any atom is -0.480 e. The van der Waals surface area contributed by atoms with Gasteiger partial charge in [0.25, 0.3) is 0 Å². The minimum absolute atomic E-state index is 0.0356. The summed E-state index contributed by atoms with van der Waals surface area (Å²) < 4.78 is 5.52. The lowest BCUT2D eigenvalue weighted by atomic mass is 10.0. The van der Waals surface area contributed by atoms with Crippen molar-refractivity contribution in [1.82, 2.24) is 4.90 Å². The lowest BCUT2D eigenvalue weighted by Gasteiger charge is -2.30. The predicted molar refractivity (Wildman–Crippen MR) is 67.3 cm³/mol. The highest BCUT2D eigenvalue weighted by Gasteiger charge is 2.25. The molecule has 1 fully saturated rings. The molecule has 104 valence electrons. The molecule has 0 aromatic rings. The summed E-state index contributed by atoms with van der Waals surface area (Å²) in [5.41, 5.74) is 0. The van der Waals surface area contributed by atoms with Gasteiger partial charge >= 0.3 is 5.97 Å². The van der Waals surface area contributed by atoms with Gasteiger partial charge in [-0.05, 0) is 32.6 Å². The molecule has 0 saturated carbocycles. The highest BCUT2D eigenvalue weighted by Crippen LogP contribution is 2.17. The van der Waals surface area contributed by atoms with Gasteiger partial charge in [0.2, 0.25) is 5.91 Å². The minimum atomic E-state index is -0.965. The Balaban J connectivity index is 2.54. The van der Waals surface area contributed by atoms with Crippen molar-refractivity contribution in [2.45, 2.75) is 58.1 Å². The molecule has 2 unspecified atom stereocenters. The fourth-order valence-electron chi connectivity index (χ4n) is 2.14. The lowest BCUT2D eigenvalue weighted by molar-refractivity contribution is -0.147. The summed E-state index contributed by atoms with van der Waals surface area (Å²) in [4.78, 5) is 24.4. The number of carboxylic acids is 1. The molecule has 5 nitrogen and oxygen atoms in total. The van der Waals surface area contributed by atoms with E-state index >= 15 is 0 Å². The lowest BCUT2D eigenvalue weighted by Crippen LogP contribution is -2.43. The zero-order valence-electron chi connectivity index (χ0n) is 11.2. The van der Waals surface area contributed by atoms with E-state index in [9.17, 15) is 9.59 Å². The maximum atomic E-state index is 12.1. The molecule has 1 aliphatic rings. The SMILES string of the molecule is CCC(C)N(CC(=O)O)C(=O)CC1CCCCO1. The normalized spacial score (nSPS) is 21.3. The largest absolute Gasteiger partial charge is 0.480 e. The van der Waals surface area contributed by atoms with Crippen molar-refractivity contribution in [3.63, 3.8) is 0 Å². The van der Waals surface area contributed by atoms with E-state index in [0.717, 1.165) is 25.7 Å². The number of hydrogen-bond donors (Lipinski definition) is 1. The first-order valence-corrected chi connectivity index (χ1v) is 6.67. The maximum absolute atomic E-state index is 12.1. The van der Waals surface area contributed by atoms with Crippen molar-refractivity contribution < 1.29 is 19.4 Å². The number of carboxylic acid groups (broad SMARTS) is 1. The highest BCUT2D eigenvalue weighted by atomic mass is 16.5. The molecule has 1 amide bonds. The zero-order valence-corrected chi connectivity index (χ0v) is 11.2. The second-order valence-electron chi connectivity index (χ2n) is 4.87. The molecule has 5 heteroatoms. The van der Waals surface area contributed by atoms with Crippen LogP contribution in [0.2, 0.25) is 0 Å². The van der Waals surface area contributed by atoms with Crippen LogP contribution < -0.4 is 0 Å². The molecule has 0 bridgehead atoms. The number of aliphatic carboxylic acids is 1. The average Bonchev–Trinajstić information content (AvgIpc) is 2.36. The molecule has 1 aliphatic heterocycles. The van der Waals surface area contributed by atoms with Crippen LogP contribution >= 0.6 is 0 Å². The van der Waals surface area contributed by atoms with E-state index in [2.05, 4.69) is 0 Å². The molecule has 1 saturated heterocycles. The maximum Gasteiger partial charge on any atom is 0.323 e. The quantitative estimate of drug-likeness (QED) is 0.785. The first-order chi connectivity index (χ1) is 8.54. The first-order valence-electron chi connectivity index (χ1n) is 6.67. The monoisotopic (exact) mass is 257 g/mol. The van der Waals surface area contributed by atoms with Crippen molar-refractivity contribution in [2.75, 3.05) is 13.2 Å². The number of nitrogens with zero attached hydrogens (tertiary/aromatic N) is 1. The summed E-state index contributed by atoms with van der Waals surface area (Å²) in [7, 11) is 0. The smallest absolute Gasteiger partial charge is 0.323 e. The molecule has 0 spiro atoms. The Kier molecular flexibility index (Phi) is 6.12. The Morgan fingerprint density at radius 2 is 2.17 bits per heavy atom. The predicted octanol–water partition coefficient (Wildman–Crippen LogP) is 1.66. The summed E-state index contributed by atoms with van der Waals surface area (Å²) in [5, 5.41) is 8.86. The fraction of sp³-hybridized carbons (Fsp3) is 0.846. The van der Waals surface area contributed by atoms with E-state index in [1.165, 1.54) is 4.90 Å². The number of ether oxygens (including phenoxy) is 1. The van der Waals surface area contributed by atoms with E-state index in [4.69, 9.17) is 9.84 Å². The van der Waals surface area contributed by atoms with Crippen LogP contribution in [0.5, 0.6) is 0 Å². The van der Waals surface area contributed by atoms with Crippen LogP contribution in [0.25, 0.3) is 0 Å². The Bertz CT molecular complexity index is 287. The molecular formula is C13H23NO4. The first kappa shape index (κ1) is 15.0. The number of hydrogen-bond acceptors (Lipinski definition) is 3. The van der Waals surface area contributed by atoms with Crippen LogP contribution in [0.3, 0.4) is 0 Å². The summed E-state index contributed by atoms with van der Waals surface area (Å²) >= 11 is 0. The Morgan fingerprint density at radius 3 is 2.67 bits per heavy atom. The summed E-state index contributed by atoms with van der Waals surface area (Å²) in [6.07, 6.45) is 4.05. The second kappa shape index (κ2) is 7.36. The van der Waals surface area contributed by atoms with Gasteiger partial charge in [-0.15, -0.1) is 0 Å². The van der Waals surface area contributed by atoms with Gasteiger partial charge < -0.3 is 14.7 Å². The Labute approximate surface area is 108 Å². The molecule has 0 aromatic heterocycles. The van der Waals surface area contributed by atoms with Gasteiger partial charge in [-0.1, -0.05) is 6.92 Å². The van der Waals surface area contributed by atoms with Crippen LogP contribution in [0.4, 0.5) is 0 Å². The van der Waals surface area contributed by atoms with Crippen LogP contribution in [-0.4, -0.2) is 47.2 Å². The summed E-state index contributed by atoms with van der Waals surface area (Å²) in [5.74, 6) is -1.08. The molecule has 2 atom stereocenters. The van der Waals surface area contributed by atoms with Crippen molar-refractivity contribution in [1.29, 1.82) is 0 Å². The van der Waals surface area contributed by atoms with Gasteiger partial charge in [0.1, 0.15) is 6.54 Å². The topological polar surface area (TPSA) is 66.8 Å². The van der Waals surface area contributed by atoms with Crippen LogP contribution in [0, 0.1) is 0 Å². The van der Waals surface area contributed by atoms with Crippen molar-refractivity contribution >= 4 is 11.9 Å². The van der Waals surface area contributed by atoms with Gasteiger partial charge in [-0.3, -0.25) is 9.59 Å². The van der Waals surface area contributed by atoms with Gasteiger partial charge in [0.15, 0.2) is 0 Å². The third-order valence-corrected chi connectivity index (χ3v) is 3.43. The number of amides is 1. The summed E-state index contributed by atoms with van der Waals surface area (Å²) in [6, 6.07) is -0.0443. The number of carbonyl (C=O) groups is 2. The zero-order chi connectivity index (χ0) is 13.5. The van der Waals surface area contributed by atoms with Crippen molar-refractivity contribution in [3.05, 3.63) is 0 Å². The van der Waals surface area contributed by atoms with E-state index < -0.39 is 5.97 Å². The average molecular weight is 257 g/mol. The van der Waals surface area contributed by atoms with Crippen LogP contribution in [-0.2, 0) is 14.3 Å². The molecular weight excluding hydrogens is 234 g/mol. The third kappa shape index (κ3) is 4.64. The fourth-order valence-corrected chi connectivity index (χ4v) is 2.14. The molecule has 0 radical (unpaired) electrons. The van der Waals surface area contributed by atoms with Crippen molar-refractivity contribution in [2.24, 2.45) is 0 Å². The van der Waals surface area contributed by atoms with E-state index in [-0.39, 0.29) is 24.6 Å². The highest BCUT2D eigenvalue weighted by molar-refractivity contribution is 5.82. The van der Waals surface area contributed by atoms with Gasteiger partial charge in [0, 0.05) is 12.6 Å². The molecule has 1 heterocycles. The standard InChI is InChI=1S/C13H23NO4/c1-3-10(2)14(9-13(16)17)12(15)8-11-6-4-5-7-18-11/h10-11H,3-9H2,1-2H3,(H,16,17). The van der Waals surface area contributed by atoms with Gasteiger partial charge in [-0.2, -0.15) is 0 Å². The molecule has 18 heavy (non-hydrogen) atoms. The van der Waals surface area contributed by atoms with Gasteiger partial charge in [0.05, 0.1) is 12.5 Å². The number of carbonyl (C=O) groups excluding carboxylic acids is 1. The van der Waals surface area contributed by atoms with Crippen molar-refractivity contribution in [3.8, 4) is 0 Å². The van der Waals surface area contributed by atoms with E-state index in [0.29, 0.717) is 13.0 Å². The van der Waals surface area contributed by atoms with Crippen LogP contribution in [0.15, 0.2) is 0 Å². The van der Waals surface area contributed by atoms with E-state index in [1.807, 2.05) is 13.8 Å². The Morgan fingerprint density at radius 1 is 1.44 bits per heavy atom. The molecule has 0 aliphatic carbocycles. The molecule has 1 rings (SSSR count). The summed E-state index contributed by atoms with van der Waals surface area (Å²) in [6.45, 7) is 4.31. The third-order valence-electron chi connectivity index (χ3n) is 3.43. The second-order valence-corrected chi connectivity index (χ2v) is 4.87. The molecule has 0 aromatic carbocycles. The van der Waals surface area contributed by atoms with E-state index in [1.54, 1.807) is 0 Å². The van der Waals surface area contributed by atoms with Crippen LogP contribution in [0.1, 0.15) is 46.0 Å².